The molecule has 6 rings (SSSR count). The summed E-state index contributed by atoms with van der Waals surface area (Å²) in [6, 6.07) is 7.52. The van der Waals surface area contributed by atoms with Crippen LogP contribution in [0.1, 0.15) is 6.92 Å². The van der Waals surface area contributed by atoms with Gasteiger partial charge < -0.3 is 14.5 Å². The van der Waals surface area contributed by atoms with Crippen molar-refractivity contribution >= 4 is 32.6 Å². The number of rotatable bonds is 6. The van der Waals surface area contributed by atoms with Crippen molar-refractivity contribution in [3.05, 3.63) is 83.6 Å². The number of carbonyl (C=O) groups excluding carboxylic acids is 1. The molecular weight excluding hydrogens is 582 g/mol. The number of fused-ring (bicyclic) bond motifs is 1. The molecule has 43 heavy (non-hydrogen) atoms. The van der Waals surface area contributed by atoms with Crippen molar-refractivity contribution < 1.29 is 26.7 Å². The van der Waals surface area contributed by atoms with Gasteiger partial charge in [0.05, 0.1) is 35.4 Å². The quantitative estimate of drug-likeness (QED) is 0.304. The van der Waals surface area contributed by atoms with Gasteiger partial charge in [0, 0.05) is 37.4 Å². The zero-order valence-electron chi connectivity index (χ0n) is 23.0. The first-order valence-corrected chi connectivity index (χ1v) is 15.0. The fourth-order valence-corrected chi connectivity index (χ4v) is 6.94. The number of amides is 1. The van der Waals surface area contributed by atoms with Gasteiger partial charge in [0.25, 0.3) is 0 Å². The lowest BCUT2D eigenvalue weighted by atomic mass is 10.1. The number of piperazine rings is 1. The summed E-state index contributed by atoms with van der Waals surface area (Å²) in [4.78, 5) is 42.0. The first-order valence-electron chi connectivity index (χ1n) is 13.4. The second kappa shape index (κ2) is 10.9. The smallest absolute Gasteiger partial charge is 0.355 e. The number of pyridine rings is 2. The number of hydrogen-bond donors (Lipinski definition) is 0. The number of nitrogens with zero attached hydrogens (tertiary/aromatic N) is 6. The van der Waals surface area contributed by atoms with Gasteiger partial charge in [-0.15, -0.1) is 0 Å². The van der Waals surface area contributed by atoms with Gasteiger partial charge in [0.2, 0.25) is 5.91 Å². The number of aromatic nitrogens is 4. The second-order valence-corrected chi connectivity index (χ2v) is 12.5. The molecule has 2 saturated heterocycles. The third-order valence-electron chi connectivity index (χ3n) is 7.67. The van der Waals surface area contributed by atoms with E-state index in [9.17, 15) is 22.4 Å². The van der Waals surface area contributed by atoms with Crippen molar-refractivity contribution in [3.8, 4) is 16.9 Å². The van der Waals surface area contributed by atoms with Crippen LogP contribution < -0.4 is 10.6 Å². The molecule has 0 bridgehead atoms. The Balaban J connectivity index is 1.61. The van der Waals surface area contributed by atoms with Crippen LogP contribution in [-0.4, -0.2) is 82.9 Å². The van der Waals surface area contributed by atoms with Crippen molar-refractivity contribution in [1.29, 1.82) is 0 Å². The predicted octanol–water partition coefficient (Wildman–Crippen LogP) is 2.52. The van der Waals surface area contributed by atoms with Crippen LogP contribution in [-0.2, 0) is 19.4 Å². The average molecular weight is 609 g/mol. The summed E-state index contributed by atoms with van der Waals surface area (Å²) >= 11 is 0. The maximum Gasteiger partial charge on any atom is 0.355 e. The summed E-state index contributed by atoms with van der Waals surface area (Å²) in [6.07, 6.45) is 3.70. The minimum atomic E-state index is -3.97. The zero-order valence-corrected chi connectivity index (χ0v) is 23.8. The van der Waals surface area contributed by atoms with Gasteiger partial charge in [0.1, 0.15) is 28.4 Å². The summed E-state index contributed by atoms with van der Waals surface area (Å²) < 4.78 is 63.6. The highest BCUT2D eigenvalue weighted by atomic mass is 32.2. The molecule has 2 fully saturated rings. The van der Waals surface area contributed by atoms with Crippen LogP contribution in [0.3, 0.4) is 0 Å². The van der Waals surface area contributed by atoms with Crippen molar-refractivity contribution in [2.75, 3.05) is 37.7 Å². The minimum Gasteiger partial charge on any atom is -0.379 e. The molecule has 1 atom stereocenters. The van der Waals surface area contributed by atoms with E-state index in [-0.39, 0.29) is 76.9 Å². The first kappa shape index (κ1) is 28.6. The highest BCUT2D eigenvalue weighted by Crippen LogP contribution is 2.34. The molecule has 0 aliphatic carbocycles. The first-order chi connectivity index (χ1) is 20.6. The Morgan fingerprint density at radius 3 is 2.56 bits per heavy atom. The summed E-state index contributed by atoms with van der Waals surface area (Å²) in [5.41, 5.74) is -1.68. The average Bonchev–Trinajstić information content (AvgIpc) is 2.95. The molecule has 0 radical (unpaired) electrons. The molecule has 2 aliphatic heterocycles. The number of benzene rings is 1. The Morgan fingerprint density at radius 1 is 1.12 bits per heavy atom. The number of carbonyl (C=O) groups is 1. The standard InChI is InChI=1S/C29H26F2N6O5S/c1-3-25(38)35-10-11-36(17(2)14-35)27-20-12-22(31)26(19-6-4-5-7-21(19)30)33-28(20)37(29(39)34-27)23-13-32-9-8-24(23)43(40,41)18-15-42-16-18/h3-9,12-13,17-18H,1,10-11,14-16H2,2H3/t17-/m0/s1. The van der Waals surface area contributed by atoms with Gasteiger partial charge in [-0.05, 0) is 37.3 Å². The van der Waals surface area contributed by atoms with E-state index in [4.69, 9.17) is 4.74 Å². The number of sulfone groups is 1. The molecule has 11 nitrogen and oxygen atoms in total. The lowest BCUT2D eigenvalue weighted by molar-refractivity contribution is -0.126. The van der Waals surface area contributed by atoms with Crippen LogP contribution >= 0.6 is 0 Å². The highest BCUT2D eigenvalue weighted by molar-refractivity contribution is 7.92. The van der Waals surface area contributed by atoms with Crippen LogP contribution in [0.25, 0.3) is 28.0 Å². The third-order valence-corrected chi connectivity index (χ3v) is 9.78. The van der Waals surface area contributed by atoms with Gasteiger partial charge >= 0.3 is 5.69 Å². The molecule has 2 aliphatic rings. The van der Waals surface area contributed by atoms with E-state index in [0.717, 1.165) is 16.7 Å². The molecule has 0 saturated carbocycles. The molecule has 0 spiro atoms. The molecule has 0 N–H and O–H groups in total. The molecule has 4 aromatic rings. The Morgan fingerprint density at radius 2 is 1.88 bits per heavy atom. The van der Waals surface area contributed by atoms with Crippen LogP contribution in [0.15, 0.2) is 71.1 Å². The lowest BCUT2D eigenvalue weighted by Gasteiger charge is -2.40. The predicted molar refractivity (Wildman–Crippen MR) is 154 cm³/mol. The Bertz CT molecular complexity index is 1950. The van der Waals surface area contributed by atoms with E-state index in [0.29, 0.717) is 6.54 Å². The molecule has 3 aromatic heterocycles. The van der Waals surface area contributed by atoms with Crippen LogP contribution in [0.2, 0.25) is 0 Å². The van der Waals surface area contributed by atoms with Gasteiger partial charge in [-0.2, -0.15) is 4.98 Å². The Labute approximate surface area is 245 Å². The maximum absolute atomic E-state index is 15.8. The summed E-state index contributed by atoms with van der Waals surface area (Å²) in [7, 11) is -3.97. The zero-order chi connectivity index (χ0) is 30.5. The minimum absolute atomic E-state index is 0.00392. The Kier molecular flexibility index (Phi) is 7.26. The molecule has 1 aromatic carbocycles. The second-order valence-electron chi connectivity index (χ2n) is 10.3. The van der Waals surface area contributed by atoms with Gasteiger partial charge in [0.15, 0.2) is 15.5 Å². The molecule has 14 heteroatoms. The summed E-state index contributed by atoms with van der Waals surface area (Å²) in [5.74, 6) is -1.75. The largest absolute Gasteiger partial charge is 0.379 e. The van der Waals surface area contributed by atoms with E-state index >= 15 is 4.39 Å². The molecular formula is C29H26F2N6O5S. The van der Waals surface area contributed by atoms with E-state index < -0.39 is 32.4 Å². The molecule has 1 amide bonds. The monoisotopic (exact) mass is 608 g/mol. The van der Waals surface area contributed by atoms with E-state index in [1.807, 2.05) is 6.92 Å². The number of anilines is 1. The van der Waals surface area contributed by atoms with E-state index in [1.165, 1.54) is 42.7 Å². The SMILES string of the molecule is C=CC(=O)N1CCN(c2nc(=O)n(-c3cnccc3S(=O)(=O)C3COC3)c3nc(-c4ccccc4F)c(F)cc23)[C@@H](C)C1. The van der Waals surface area contributed by atoms with Crippen LogP contribution in [0.5, 0.6) is 0 Å². The maximum atomic E-state index is 15.8. The van der Waals surface area contributed by atoms with E-state index in [1.54, 1.807) is 9.80 Å². The fourth-order valence-electron chi connectivity index (χ4n) is 5.34. The molecule has 5 heterocycles. The molecule has 0 unspecified atom stereocenters. The molecule has 222 valence electrons. The summed E-state index contributed by atoms with van der Waals surface area (Å²) in [5, 5.41) is -0.732. The number of ether oxygens (including phenoxy) is 1. The Hall–Kier alpha value is -4.56. The van der Waals surface area contributed by atoms with Crippen molar-refractivity contribution in [3.63, 3.8) is 0 Å². The van der Waals surface area contributed by atoms with Crippen molar-refractivity contribution in [2.24, 2.45) is 0 Å². The van der Waals surface area contributed by atoms with Crippen molar-refractivity contribution in [1.82, 2.24) is 24.4 Å². The normalized spacial score (nSPS) is 17.6. The van der Waals surface area contributed by atoms with Crippen LogP contribution in [0.4, 0.5) is 14.6 Å². The van der Waals surface area contributed by atoms with E-state index in [2.05, 4.69) is 21.5 Å². The summed E-state index contributed by atoms with van der Waals surface area (Å²) in [6.45, 7) is 6.19. The van der Waals surface area contributed by atoms with Gasteiger partial charge in [-0.3, -0.25) is 9.78 Å². The highest BCUT2D eigenvalue weighted by Gasteiger charge is 2.37. The lowest BCUT2D eigenvalue weighted by Crippen LogP contribution is -2.54. The third kappa shape index (κ3) is 4.85. The van der Waals surface area contributed by atoms with Crippen molar-refractivity contribution in [2.45, 2.75) is 23.1 Å². The van der Waals surface area contributed by atoms with Crippen LogP contribution in [0, 0.1) is 11.6 Å². The fraction of sp³-hybridized carbons (Fsp3) is 0.276. The topological polar surface area (TPSA) is 128 Å². The van der Waals surface area contributed by atoms with Gasteiger partial charge in [-0.1, -0.05) is 18.7 Å². The number of hydrogen-bond acceptors (Lipinski definition) is 9. The van der Waals surface area contributed by atoms with Gasteiger partial charge in [-0.25, -0.2) is 31.5 Å². The number of halogens is 2.